The average molecular weight is 570 g/mol. The highest BCUT2D eigenvalue weighted by atomic mass is 79.9. The number of hydrogen-bond acceptors (Lipinski definition) is 2. The molecule has 0 N–H and O–H groups in total. The Labute approximate surface area is 208 Å². The fraction of sp³-hybridized carbons (Fsp3) is 0.0741. The minimum Gasteiger partial charge on any atom is -1.00 e. The lowest BCUT2D eigenvalue weighted by Crippen LogP contribution is -3.00. The van der Waals surface area contributed by atoms with Crippen LogP contribution in [0.4, 0.5) is 0 Å². The Morgan fingerprint density at radius 1 is 0.750 bits per heavy atom. The van der Waals surface area contributed by atoms with Gasteiger partial charge in [0.05, 0.1) is 18.8 Å². The van der Waals surface area contributed by atoms with E-state index in [0.717, 1.165) is 16.2 Å². The van der Waals surface area contributed by atoms with Gasteiger partial charge in [-0.3, -0.25) is 0 Å². The molecular weight excluding hydrogens is 547 g/mol. The lowest BCUT2D eigenvalue weighted by molar-refractivity contribution is -0.0000207. The van der Waals surface area contributed by atoms with Gasteiger partial charge in [-0.2, -0.15) is 0 Å². The number of ether oxygens (including phenoxy) is 1. The predicted molar refractivity (Wildman–Crippen MR) is 134 cm³/mol. The molecule has 0 spiro atoms. The molecule has 0 bridgehead atoms. The van der Waals surface area contributed by atoms with Crippen LogP contribution in [0.1, 0.15) is 15.9 Å². The summed E-state index contributed by atoms with van der Waals surface area (Å²) in [6.07, 6.45) is 0.725. The summed E-state index contributed by atoms with van der Waals surface area (Å²) in [5, 5.41) is 3.85. The summed E-state index contributed by atoms with van der Waals surface area (Å²) >= 11 is 3.51. The van der Waals surface area contributed by atoms with Crippen LogP contribution in [0.15, 0.2) is 114 Å². The van der Waals surface area contributed by atoms with Crippen molar-refractivity contribution >= 4 is 45.1 Å². The zero-order valence-electron chi connectivity index (χ0n) is 17.6. The highest BCUT2D eigenvalue weighted by Gasteiger charge is 2.46. The summed E-state index contributed by atoms with van der Waals surface area (Å²) in [7, 11) is -0.659. The van der Waals surface area contributed by atoms with E-state index >= 15 is 0 Å². The Bertz CT molecular complexity index is 1070. The number of halogens is 2. The van der Waals surface area contributed by atoms with Gasteiger partial charge in [0.15, 0.2) is 0 Å². The predicted octanol–water partition coefficient (Wildman–Crippen LogP) is 2.73. The number of benzene rings is 4. The van der Waals surface area contributed by atoms with Crippen LogP contribution >= 0.6 is 23.2 Å². The molecule has 0 saturated carbocycles. The SMILES string of the molecule is COC(=O)c1cc(Br)ccc1C[P+](c1ccccc1)(c1ccccc1)c1ccccc1.[Br-]. The first kappa shape index (κ1) is 24.4. The van der Waals surface area contributed by atoms with Crippen molar-refractivity contribution in [2.75, 3.05) is 7.11 Å². The van der Waals surface area contributed by atoms with Gasteiger partial charge in [-0.25, -0.2) is 4.79 Å². The second-order valence-electron chi connectivity index (χ2n) is 7.27. The lowest BCUT2D eigenvalue weighted by Gasteiger charge is -2.28. The van der Waals surface area contributed by atoms with E-state index < -0.39 is 7.26 Å². The number of esters is 1. The first-order valence-electron chi connectivity index (χ1n) is 10.1. The van der Waals surface area contributed by atoms with Crippen molar-refractivity contribution in [1.82, 2.24) is 0 Å². The number of carbonyl (C=O) groups is 1. The van der Waals surface area contributed by atoms with E-state index in [0.29, 0.717) is 5.56 Å². The molecule has 0 heterocycles. The smallest absolute Gasteiger partial charge is 0.338 e. The van der Waals surface area contributed by atoms with Crippen molar-refractivity contribution in [3.8, 4) is 0 Å². The molecule has 0 fully saturated rings. The molecule has 5 heteroatoms. The van der Waals surface area contributed by atoms with Crippen molar-refractivity contribution in [1.29, 1.82) is 0 Å². The van der Waals surface area contributed by atoms with E-state index in [9.17, 15) is 4.79 Å². The van der Waals surface area contributed by atoms with Crippen LogP contribution in [0.25, 0.3) is 0 Å². The maximum atomic E-state index is 12.7. The fourth-order valence-corrected chi connectivity index (χ4v) is 8.64. The van der Waals surface area contributed by atoms with Crippen LogP contribution < -0.4 is 32.9 Å². The third kappa shape index (κ3) is 4.88. The normalized spacial score (nSPS) is 10.8. The van der Waals surface area contributed by atoms with Crippen molar-refractivity contribution in [2.24, 2.45) is 0 Å². The van der Waals surface area contributed by atoms with Crippen molar-refractivity contribution in [3.63, 3.8) is 0 Å². The van der Waals surface area contributed by atoms with Crippen LogP contribution in [0.3, 0.4) is 0 Å². The highest BCUT2D eigenvalue weighted by molar-refractivity contribution is 9.10. The first-order chi connectivity index (χ1) is 15.1. The van der Waals surface area contributed by atoms with E-state index in [1.54, 1.807) is 0 Å². The Kier molecular flexibility index (Phi) is 8.42. The summed E-state index contributed by atoms with van der Waals surface area (Å²) in [5.41, 5.74) is 1.59. The largest absolute Gasteiger partial charge is 1.00 e. The van der Waals surface area contributed by atoms with Crippen molar-refractivity contribution in [3.05, 3.63) is 125 Å². The molecule has 0 aliphatic carbocycles. The number of hydrogen-bond donors (Lipinski definition) is 0. The Balaban J connectivity index is 0.00000289. The molecule has 0 saturated heterocycles. The van der Waals surface area contributed by atoms with Gasteiger partial charge in [-0.1, -0.05) is 76.6 Å². The zero-order valence-corrected chi connectivity index (χ0v) is 21.7. The Morgan fingerprint density at radius 2 is 1.19 bits per heavy atom. The van der Waals surface area contributed by atoms with Crippen LogP contribution in [0.5, 0.6) is 0 Å². The van der Waals surface area contributed by atoms with Gasteiger partial charge in [0, 0.05) is 10.0 Å². The zero-order chi connectivity index (χ0) is 21.7. The number of rotatable bonds is 6. The molecule has 4 aromatic carbocycles. The van der Waals surface area contributed by atoms with Gasteiger partial charge in [0.25, 0.3) is 0 Å². The Hall–Kier alpha value is -2.26. The molecule has 4 aromatic rings. The van der Waals surface area contributed by atoms with Gasteiger partial charge < -0.3 is 21.7 Å². The standard InChI is InChI=1S/C27H23BrO2P.BrH/c1-30-27(29)26-19-22(28)18-17-21(26)20-31(23-11-5-2-6-12-23,24-13-7-3-8-14-24)25-15-9-4-10-16-25;/h2-19H,20H2,1H3;1H/q+1;/p-1. The van der Waals surface area contributed by atoms with Gasteiger partial charge in [0.1, 0.15) is 23.2 Å². The minimum atomic E-state index is -2.09. The van der Waals surface area contributed by atoms with Crippen LogP contribution in [-0.2, 0) is 10.9 Å². The highest BCUT2D eigenvalue weighted by Crippen LogP contribution is 2.58. The minimum absolute atomic E-state index is 0. The van der Waals surface area contributed by atoms with Crippen molar-refractivity contribution < 1.29 is 26.5 Å². The number of methoxy groups -OCH3 is 1. The molecule has 0 radical (unpaired) electrons. The molecule has 0 atom stereocenters. The maximum absolute atomic E-state index is 12.7. The van der Waals surface area contributed by atoms with Crippen LogP contribution in [0.2, 0.25) is 0 Å². The van der Waals surface area contributed by atoms with Gasteiger partial charge >= 0.3 is 5.97 Å². The molecule has 2 nitrogen and oxygen atoms in total. The molecule has 4 rings (SSSR count). The Morgan fingerprint density at radius 3 is 1.59 bits per heavy atom. The van der Waals surface area contributed by atoms with E-state index in [2.05, 4.69) is 88.7 Å². The summed E-state index contributed by atoms with van der Waals surface area (Å²) in [6, 6.07) is 37.9. The molecule has 0 amide bonds. The average Bonchev–Trinajstić information content (AvgIpc) is 2.84. The topological polar surface area (TPSA) is 26.3 Å². The van der Waals surface area contributed by atoms with Crippen molar-refractivity contribution in [2.45, 2.75) is 6.16 Å². The molecule has 0 aliphatic rings. The van der Waals surface area contributed by atoms with Gasteiger partial charge in [-0.05, 0) is 48.5 Å². The quantitative estimate of drug-likeness (QED) is 0.264. The lowest BCUT2D eigenvalue weighted by atomic mass is 10.1. The van der Waals surface area contributed by atoms with E-state index in [4.69, 9.17) is 4.74 Å². The molecular formula is C27H23Br2O2P. The molecule has 0 aromatic heterocycles. The molecule has 0 unspecified atom stereocenters. The third-order valence-corrected chi connectivity index (χ3v) is 10.3. The van der Waals surface area contributed by atoms with Crippen LogP contribution in [-0.4, -0.2) is 13.1 Å². The van der Waals surface area contributed by atoms with E-state index in [1.807, 2.05) is 36.4 Å². The van der Waals surface area contributed by atoms with Gasteiger partial charge in [0.2, 0.25) is 0 Å². The summed E-state index contributed by atoms with van der Waals surface area (Å²) in [4.78, 5) is 12.7. The third-order valence-electron chi connectivity index (χ3n) is 5.48. The first-order valence-corrected chi connectivity index (χ1v) is 12.8. The molecule has 32 heavy (non-hydrogen) atoms. The summed E-state index contributed by atoms with van der Waals surface area (Å²) < 4.78 is 5.98. The van der Waals surface area contributed by atoms with E-state index in [1.165, 1.54) is 23.0 Å². The maximum Gasteiger partial charge on any atom is 0.338 e. The second kappa shape index (κ2) is 11.0. The second-order valence-corrected chi connectivity index (χ2v) is 11.7. The summed E-state index contributed by atoms with van der Waals surface area (Å²) in [5.74, 6) is -0.316. The molecule has 162 valence electrons. The van der Waals surface area contributed by atoms with Gasteiger partial charge in [-0.15, -0.1) is 0 Å². The molecule has 0 aliphatic heterocycles. The summed E-state index contributed by atoms with van der Waals surface area (Å²) in [6.45, 7) is 0. The number of carbonyl (C=O) groups excluding carboxylic acids is 1. The fourth-order valence-electron chi connectivity index (χ4n) is 4.01. The monoisotopic (exact) mass is 568 g/mol. The van der Waals surface area contributed by atoms with E-state index in [-0.39, 0.29) is 23.0 Å². The van der Waals surface area contributed by atoms with Crippen LogP contribution in [0, 0.1) is 0 Å².